The fraction of sp³-hybridized carbons (Fsp3) is 0.550. The van der Waals surface area contributed by atoms with E-state index in [-0.39, 0.29) is 0 Å². The molecule has 10 heteroatoms. The van der Waals surface area contributed by atoms with Crippen molar-refractivity contribution in [3.8, 4) is 0 Å². The van der Waals surface area contributed by atoms with E-state index in [4.69, 9.17) is 9.47 Å². The summed E-state index contributed by atoms with van der Waals surface area (Å²) in [6, 6.07) is 6.48. The van der Waals surface area contributed by atoms with Crippen LogP contribution in [0.5, 0.6) is 0 Å². The zero-order valence-corrected chi connectivity index (χ0v) is 20.7. The molecule has 0 spiro atoms. The van der Waals surface area contributed by atoms with E-state index in [1.54, 1.807) is 0 Å². The Bertz CT molecular complexity index is 898. The summed E-state index contributed by atoms with van der Waals surface area (Å²) in [6.07, 6.45) is -2.57. The summed E-state index contributed by atoms with van der Waals surface area (Å²) in [6.45, 7) is 0.596. The Morgan fingerprint density at radius 1 is 1.37 bits per heavy atom. The maximum Gasteiger partial charge on any atom is 0.135 e. The van der Waals surface area contributed by atoms with E-state index < -0.39 is 58.3 Å². The number of benzene rings is 1. The molecule has 1 radical (unpaired) electrons. The molecule has 4 rings (SSSR count). The fourth-order valence-corrected chi connectivity index (χ4v) is 5.60. The number of likely N-dealkylation sites (tertiary alicyclic amines) is 1. The number of ether oxygens (including phenoxy) is 2. The van der Waals surface area contributed by atoms with Crippen molar-refractivity contribution in [2.75, 3.05) is 20.2 Å². The number of halogens is 1. The molecule has 175 valence electrons. The molecule has 2 saturated heterocycles. The van der Waals surface area contributed by atoms with E-state index in [9.17, 15) is 20.4 Å². The van der Waals surface area contributed by atoms with Crippen molar-refractivity contribution in [2.45, 2.75) is 49.9 Å². The Morgan fingerprint density at radius 2 is 2.17 bits per heavy atom. The predicted molar refractivity (Wildman–Crippen MR) is 114 cm³/mol. The SMILES string of the molecule is CN1CCC[C@@H]1Cc1cccc2c1=C(O[C@@H]1O[C@H](CO)[C@@H](O)[C@@H](O)[C-]1O)C=IN=2.[Lr]. The van der Waals surface area contributed by atoms with Crippen LogP contribution >= 0.6 is 21.0 Å². The first-order chi connectivity index (χ1) is 14.0. The van der Waals surface area contributed by atoms with Gasteiger partial charge in [0.25, 0.3) is 0 Å². The van der Waals surface area contributed by atoms with Gasteiger partial charge in [0.15, 0.2) is 0 Å². The molecule has 0 bridgehead atoms. The van der Waals surface area contributed by atoms with Crippen LogP contribution in [-0.2, 0) is 15.9 Å². The first-order valence-electron chi connectivity index (χ1n) is 9.70. The van der Waals surface area contributed by atoms with Gasteiger partial charge in [0.1, 0.15) is 18.2 Å². The van der Waals surface area contributed by atoms with Crippen LogP contribution in [0.4, 0.5) is 0 Å². The summed E-state index contributed by atoms with van der Waals surface area (Å²) in [7, 11) is 2.14. The Hall–Kier alpha value is -1.95. The number of rotatable bonds is 5. The molecule has 1 aromatic rings. The first kappa shape index (κ1) is 22.7. The van der Waals surface area contributed by atoms with Gasteiger partial charge in [-0.15, -0.1) is 6.10 Å². The minimum atomic E-state index is -1.55. The number of hydrogen-bond acceptors (Lipinski definition) is 8. The molecule has 3 aliphatic rings. The average molecular weight is 779 g/mol. The third kappa shape index (κ3) is 4.25. The second kappa shape index (κ2) is 9.46. The summed E-state index contributed by atoms with van der Waals surface area (Å²) in [5.41, 5.74) is 1.12. The van der Waals surface area contributed by atoms with Gasteiger partial charge in [-0.1, -0.05) is 12.1 Å². The second-order valence-corrected chi connectivity index (χ2v) is 9.28. The predicted octanol–water partition coefficient (Wildman–Crippen LogP) is -0.887. The van der Waals surface area contributed by atoms with Crippen molar-refractivity contribution >= 4 is 30.8 Å². The summed E-state index contributed by atoms with van der Waals surface area (Å²) in [5, 5.41) is 41.4. The summed E-state index contributed by atoms with van der Waals surface area (Å²) in [5.74, 6) is 0.566. The van der Waals surface area contributed by atoms with Crippen LogP contribution in [0, 0.1) is 6.10 Å². The van der Waals surface area contributed by atoms with E-state index in [0.717, 1.165) is 35.5 Å². The Labute approximate surface area is 179 Å². The molecular weight excluding hydrogens is 753 g/mol. The van der Waals surface area contributed by atoms with Crippen LogP contribution in [0.1, 0.15) is 18.4 Å². The zero-order valence-electron chi connectivity index (χ0n) is 16.4. The van der Waals surface area contributed by atoms with Crippen LogP contribution in [0.15, 0.2) is 21.4 Å². The van der Waals surface area contributed by atoms with Crippen molar-refractivity contribution in [3.05, 3.63) is 40.4 Å². The third-order valence-corrected chi connectivity index (χ3v) is 7.39. The molecule has 0 unspecified atom stereocenters. The van der Waals surface area contributed by atoms with Gasteiger partial charge in [-0.05, 0) is 50.6 Å². The van der Waals surface area contributed by atoms with Crippen LogP contribution in [-0.4, -0.2) is 80.2 Å². The first-order valence-corrected chi connectivity index (χ1v) is 11.9. The van der Waals surface area contributed by atoms with Crippen molar-refractivity contribution in [3.63, 3.8) is 0 Å². The smallest absolute Gasteiger partial charge is 0.135 e. The molecule has 0 saturated carbocycles. The molecule has 8 nitrogen and oxygen atoms in total. The van der Waals surface area contributed by atoms with Gasteiger partial charge < -0.3 is 34.8 Å². The van der Waals surface area contributed by atoms with Crippen molar-refractivity contribution in [1.29, 1.82) is 0 Å². The van der Waals surface area contributed by atoms with Gasteiger partial charge in [-0.2, -0.15) is 0 Å². The van der Waals surface area contributed by atoms with Gasteiger partial charge >= 0.3 is 0 Å². The molecule has 0 amide bonds. The molecule has 3 aliphatic heterocycles. The molecule has 0 aliphatic carbocycles. The van der Waals surface area contributed by atoms with Gasteiger partial charge in [0, 0.05) is 36.3 Å². The Balaban J connectivity index is 0.00000256. The average Bonchev–Trinajstić information content (AvgIpc) is 3.13. The normalized spacial score (nSPS) is 32.0. The standard InChI is InChI=1S/C20H26IN2O6.Lr/c1-23-7-3-5-12(23)8-11-4-2-6-13-16(11)14(9-21-22-13)28-20-19(27)18(26)17(25)15(10-24)29-20;/h2,4,6,9,12,15,17-18,20,24-27H,3,5,7-8,10H2,1H3;/q-1;/t12-,15-,17-,18-,20-;/m1./s1. The molecular formula is C20H26ILrN2O6-. The number of nitrogens with zero attached hydrogens (tertiary/aromatic N) is 2. The molecule has 2 fully saturated rings. The van der Waals surface area contributed by atoms with Crippen LogP contribution in [0.25, 0.3) is 5.76 Å². The van der Waals surface area contributed by atoms with E-state index in [1.807, 2.05) is 16.1 Å². The molecule has 3 heterocycles. The zero-order chi connectivity index (χ0) is 20.5. The molecule has 1 aromatic carbocycles. The molecule has 5 atom stereocenters. The van der Waals surface area contributed by atoms with Crippen molar-refractivity contribution < 1.29 is 29.9 Å². The minimum absolute atomic E-state index is 0. The minimum Gasteiger partial charge on any atom is -0.554 e. The van der Waals surface area contributed by atoms with E-state index in [0.29, 0.717) is 11.8 Å². The monoisotopic (exact) mass is 779 g/mol. The van der Waals surface area contributed by atoms with Crippen molar-refractivity contribution in [1.82, 2.24) is 4.90 Å². The summed E-state index contributed by atoms with van der Waals surface area (Å²) in [4.78, 5) is 2.37. The fourth-order valence-electron chi connectivity index (χ4n) is 4.04. The number of hydrogen-bond donors (Lipinski definition) is 4. The molecule has 30 heavy (non-hydrogen) atoms. The third-order valence-electron chi connectivity index (χ3n) is 5.75. The topological polar surface area (TPSA) is 115 Å². The van der Waals surface area contributed by atoms with Gasteiger partial charge in [-0.25, -0.2) is 3.21 Å². The quantitative estimate of drug-likeness (QED) is 0.227. The van der Waals surface area contributed by atoms with Gasteiger partial charge in [0.2, 0.25) is 0 Å². The maximum absolute atomic E-state index is 10.3. The van der Waals surface area contributed by atoms with Gasteiger partial charge in [-0.3, -0.25) is 0 Å². The Morgan fingerprint density at radius 3 is 2.87 bits per heavy atom. The van der Waals surface area contributed by atoms with Crippen LogP contribution < -0.4 is 10.6 Å². The number of likely N-dealkylation sites (N-methyl/N-ethyl adjacent to an activating group) is 1. The van der Waals surface area contributed by atoms with Crippen molar-refractivity contribution in [2.24, 2.45) is 3.21 Å². The Kier molecular flexibility index (Phi) is 7.17. The van der Waals surface area contributed by atoms with Crippen LogP contribution in [0.2, 0.25) is 0 Å². The second-order valence-electron chi connectivity index (χ2n) is 7.61. The van der Waals surface area contributed by atoms with E-state index in [2.05, 4.69) is 21.2 Å². The summed E-state index contributed by atoms with van der Waals surface area (Å²) < 4.78 is 18.1. The van der Waals surface area contributed by atoms with E-state index >= 15 is 0 Å². The molecule has 4 N–H and O–H groups in total. The number of aliphatic hydroxyl groups excluding tert-OH is 4. The van der Waals surface area contributed by atoms with Gasteiger partial charge in [0.05, 0.1) is 18.1 Å². The maximum atomic E-state index is 10.3. The molecule has 0 aromatic heterocycles. The number of fused-ring (bicyclic) bond motifs is 1. The largest absolute Gasteiger partial charge is 0.554 e. The van der Waals surface area contributed by atoms with E-state index in [1.165, 1.54) is 6.42 Å². The summed E-state index contributed by atoms with van der Waals surface area (Å²) >= 11 is -0.612. The number of aliphatic hydroxyl groups is 4. The van der Waals surface area contributed by atoms with Crippen LogP contribution in [0.3, 0.4) is 0 Å².